The van der Waals surface area contributed by atoms with Crippen molar-refractivity contribution in [2.75, 3.05) is 18.1 Å². The number of nitro benzene ring substituents is 1. The third-order valence-electron chi connectivity index (χ3n) is 4.00. The Morgan fingerprint density at radius 2 is 2.05 bits per heavy atom. The van der Waals surface area contributed by atoms with Crippen molar-refractivity contribution in [1.82, 2.24) is 0 Å². The number of aliphatic hydroxyl groups is 1. The van der Waals surface area contributed by atoms with Crippen molar-refractivity contribution in [3.8, 4) is 0 Å². The first-order valence-corrected chi connectivity index (χ1v) is 7.28. The second-order valence-electron chi connectivity index (χ2n) is 5.33. The summed E-state index contributed by atoms with van der Waals surface area (Å²) in [6.45, 7) is 0.315. The molecule has 6 nitrogen and oxygen atoms in total. The molecular weight excluding hydrogens is 272 g/mol. The number of nitro groups is 1. The van der Waals surface area contributed by atoms with E-state index in [1.54, 1.807) is 12.1 Å². The molecule has 0 amide bonds. The van der Waals surface area contributed by atoms with Gasteiger partial charge in [0.15, 0.2) is 0 Å². The highest BCUT2D eigenvalue weighted by Crippen LogP contribution is 2.34. The van der Waals surface area contributed by atoms with Crippen molar-refractivity contribution in [3.63, 3.8) is 0 Å². The molecule has 1 aromatic carbocycles. The fraction of sp³-hybridized carbons (Fsp3) is 0.533. The van der Waals surface area contributed by atoms with Gasteiger partial charge in [0.25, 0.3) is 5.69 Å². The van der Waals surface area contributed by atoms with Crippen molar-refractivity contribution in [2.24, 2.45) is 0 Å². The zero-order chi connectivity index (χ0) is 15.2. The van der Waals surface area contributed by atoms with Crippen LogP contribution in [0.1, 0.15) is 42.5 Å². The lowest BCUT2D eigenvalue weighted by atomic mass is 9.93. The highest BCUT2D eigenvalue weighted by Gasteiger charge is 2.26. The second kappa shape index (κ2) is 7.17. The molecule has 0 radical (unpaired) electrons. The average molecular weight is 292 g/mol. The Labute approximate surface area is 123 Å². The number of aliphatic hydroxyl groups excluding tert-OH is 1. The summed E-state index contributed by atoms with van der Waals surface area (Å²) in [7, 11) is 0. The highest BCUT2D eigenvalue weighted by atomic mass is 16.6. The zero-order valence-corrected chi connectivity index (χ0v) is 11.9. The number of nitrogens with zero attached hydrogens (tertiary/aromatic N) is 2. The number of rotatable bonds is 6. The smallest absolute Gasteiger partial charge is 0.293 e. The van der Waals surface area contributed by atoms with Gasteiger partial charge in [-0.1, -0.05) is 19.3 Å². The molecule has 1 aliphatic carbocycles. The van der Waals surface area contributed by atoms with Crippen LogP contribution in [-0.2, 0) is 0 Å². The van der Waals surface area contributed by atoms with Crippen LogP contribution < -0.4 is 4.90 Å². The maximum atomic E-state index is 11.3. The van der Waals surface area contributed by atoms with Crippen molar-refractivity contribution in [3.05, 3.63) is 33.9 Å². The Kier molecular flexibility index (Phi) is 5.27. The Morgan fingerprint density at radius 3 is 2.62 bits per heavy atom. The van der Waals surface area contributed by atoms with Crippen LogP contribution in [0.2, 0.25) is 0 Å². The molecule has 21 heavy (non-hydrogen) atoms. The molecule has 0 spiro atoms. The molecule has 0 saturated heterocycles. The monoisotopic (exact) mass is 292 g/mol. The summed E-state index contributed by atoms with van der Waals surface area (Å²) in [4.78, 5) is 23.6. The van der Waals surface area contributed by atoms with Gasteiger partial charge in [-0.2, -0.15) is 0 Å². The summed E-state index contributed by atoms with van der Waals surface area (Å²) in [6.07, 6.45) is 5.96. The van der Waals surface area contributed by atoms with Crippen LogP contribution in [0, 0.1) is 10.1 Å². The largest absolute Gasteiger partial charge is 0.395 e. The minimum absolute atomic E-state index is 0.0525. The van der Waals surface area contributed by atoms with Crippen LogP contribution in [0.3, 0.4) is 0 Å². The number of carbonyl (C=O) groups excluding carboxylic acids is 1. The van der Waals surface area contributed by atoms with Crippen LogP contribution in [0.5, 0.6) is 0 Å². The van der Waals surface area contributed by atoms with E-state index in [0.717, 1.165) is 25.7 Å². The van der Waals surface area contributed by atoms with E-state index in [0.29, 0.717) is 18.5 Å². The lowest BCUT2D eigenvalue weighted by Gasteiger charge is -2.35. The van der Waals surface area contributed by atoms with Crippen molar-refractivity contribution < 1.29 is 14.8 Å². The zero-order valence-electron chi connectivity index (χ0n) is 11.9. The molecule has 0 aromatic heterocycles. The molecule has 1 N–H and O–H groups in total. The third-order valence-corrected chi connectivity index (χ3v) is 4.00. The summed E-state index contributed by atoms with van der Waals surface area (Å²) >= 11 is 0. The Hall–Kier alpha value is -1.95. The number of carbonyl (C=O) groups is 1. The lowest BCUT2D eigenvalue weighted by molar-refractivity contribution is -0.384. The standard InChI is InChI=1S/C15H20N2O4/c18-9-8-16(13-4-2-1-3-5-13)14-7-6-12(11-19)10-15(14)17(20)21/h6-7,10-11,13,18H,1-5,8-9H2. The normalized spacial score (nSPS) is 15.7. The van der Waals surface area contributed by atoms with Gasteiger partial charge < -0.3 is 10.0 Å². The number of aldehydes is 1. The first kappa shape index (κ1) is 15.4. The molecule has 1 aliphatic rings. The molecule has 1 fully saturated rings. The molecule has 0 aliphatic heterocycles. The fourth-order valence-electron chi connectivity index (χ4n) is 3.00. The van der Waals surface area contributed by atoms with Gasteiger partial charge in [0.1, 0.15) is 12.0 Å². The van der Waals surface area contributed by atoms with E-state index < -0.39 is 4.92 Å². The van der Waals surface area contributed by atoms with Gasteiger partial charge in [-0.3, -0.25) is 14.9 Å². The van der Waals surface area contributed by atoms with Gasteiger partial charge in [0.05, 0.1) is 11.5 Å². The molecule has 0 unspecified atom stereocenters. The Morgan fingerprint density at radius 1 is 1.33 bits per heavy atom. The summed E-state index contributed by atoms with van der Waals surface area (Å²) in [5, 5.41) is 20.6. The molecular formula is C15H20N2O4. The first-order chi connectivity index (χ1) is 10.2. The third kappa shape index (κ3) is 3.58. The van der Waals surface area contributed by atoms with Gasteiger partial charge in [0, 0.05) is 24.2 Å². The van der Waals surface area contributed by atoms with Crippen molar-refractivity contribution in [2.45, 2.75) is 38.1 Å². The van der Waals surface area contributed by atoms with Gasteiger partial charge >= 0.3 is 0 Å². The van der Waals surface area contributed by atoms with Crippen LogP contribution in [-0.4, -0.2) is 35.5 Å². The number of hydrogen-bond acceptors (Lipinski definition) is 5. The minimum atomic E-state index is -0.463. The summed E-state index contributed by atoms with van der Waals surface area (Å²) in [5.74, 6) is 0. The van der Waals surface area contributed by atoms with Crippen LogP contribution in [0.15, 0.2) is 18.2 Å². The SMILES string of the molecule is O=Cc1ccc(N(CCO)C2CCCCC2)c([N+](=O)[O-])c1. The van der Waals surface area contributed by atoms with E-state index in [-0.39, 0.29) is 23.9 Å². The number of anilines is 1. The van der Waals surface area contributed by atoms with E-state index >= 15 is 0 Å². The summed E-state index contributed by atoms with van der Waals surface area (Å²) in [5.41, 5.74) is 0.711. The predicted molar refractivity (Wildman–Crippen MR) is 79.8 cm³/mol. The fourth-order valence-corrected chi connectivity index (χ4v) is 3.00. The minimum Gasteiger partial charge on any atom is -0.395 e. The maximum absolute atomic E-state index is 11.3. The van der Waals surface area contributed by atoms with Crippen LogP contribution in [0.25, 0.3) is 0 Å². The average Bonchev–Trinajstić information content (AvgIpc) is 2.53. The maximum Gasteiger partial charge on any atom is 0.293 e. The van der Waals surface area contributed by atoms with Crippen molar-refractivity contribution >= 4 is 17.7 Å². The Balaban J connectivity index is 2.38. The van der Waals surface area contributed by atoms with Crippen LogP contribution in [0.4, 0.5) is 11.4 Å². The van der Waals surface area contributed by atoms with E-state index in [2.05, 4.69) is 0 Å². The molecule has 0 heterocycles. The predicted octanol–water partition coefficient (Wildman–Crippen LogP) is 2.54. The molecule has 1 aromatic rings. The highest BCUT2D eigenvalue weighted by molar-refractivity contribution is 5.79. The quantitative estimate of drug-likeness (QED) is 0.495. The summed E-state index contributed by atoms with van der Waals surface area (Å²) < 4.78 is 0. The number of benzene rings is 1. The molecule has 6 heteroatoms. The molecule has 114 valence electrons. The van der Waals surface area contributed by atoms with E-state index in [9.17, 15) is 20.0 Å². The second-order valence-corrected chi connectivity index (χ2v) is 5.33. The Bertz CT molecular complexity index is 512. The molecule has 0 atom stereocenters. The van der Waals surface area contributed by atoms with Gasteiger partial charge in [-0.15, -0.1) is 0 Å². The van der Waals surface area contributed by atoms with Gasteiger partial charge in [-0.25, -0.2) is 0 Å². The molecule has 1 saturated carbocycles. The van der Waals surface area contributed by atoms with E-state index in [1.807, 2.05) is 4.90 Å². The topological polar surface area (TPSA) is 83.7 Å². The van der Waals surface area contributed by atoms with E-state index in [1.165, 1.54) is 12.5 Å². The van der Waals surface area contributed by atoms with Gasteiger partial charge in [0.2, 0.25) is 0 Å². The number of hydrogen-bond donors (Lipinski definition) is 1. The van der Waals surface area contributed by atoms with E-state index in [4.69, 9.17) is 0 Å². The van der Waals surface area contributed by atoms with Crippen molar-refractivity contribution in [1.29, 1.82) is 0 Å². The molecule has 0 bridgehead atoms. The summed E-state index contributed by atoms with van der Waals surface area (Å²) in [6, 6.07) is 4.72. The lowest BCUT2D eigenvalue weighted by Crippen LogP contribution is -2.39. The van der Waals surface area contributed by atoms with Gasteiger partial charge in [-0.05, 0) is 25.0 Å². The van der Waals surface area contributed by atoms with Crippen LogP contribution >= 0.6 is 0 Å². The molecule has 2 rings (SSSR count). The first-order valence-electron chi connectivity index (χ1n) is 7.28.